The first-order chi connectivity index (χ1) is 8.15. The lowest BCUT2D eigenvalue weighted by Gasteiger charge is -2.01. The van der Waals surface area contributed by atoms with Crippen LogP contribution in [0.15, 0.2) is 28.6 Å². The average Bonchev–Trinajstić information content (AvgIpc) is 2.41. The first-order valence-corrected chi connectivity index (χ1v) is 6.42. The Kier molecular flexibility index (Phi) is 21.6. The summed E-state index contributed by atoms with van der Waals surface area (Å²) < 4.78 is 0. The summed E-state index contributed by atoms with van der Waals surface area (Å²) in [6.45, 7) is 15.8. The number of aliphatic imine (C=N–C) groups is 1. The van der Waals surface area contributed by atoms with Gasteiger partial charge in [-0.15, -0.1) is 0 Å². The Bertz CT molecular complexity index is 220. The Morgan fingerprint density at radius 2 is 1.82 bits per heavy atom. The molecule has 3 heteroatoms. The summed E-state index contributed by atoms with van der Waals surface area (Å²) in [5, 5.41) is 9.47. The Morgan fingerprint density at radius 3 is 2.12 bits per heavy atom. The van der Waals surface area contributed by atoms with Crippen LogP contribution in [-0.2, 0) is 0 Å². The highest BCUT2D eigenvalue weighted by atomic mass is 16.3. The van der Waals surface area contributed by atoms with Crippen molar-refractivity contribution in [2.75, 3.05) is 6.54 Å². The second-order valence-corrected chi connectivity index (χ2v) is 2.92. The second-order valence-electron chi connectivity index (χ2n) is 2.92. The fourth-order valence-electron chi connectivity index (χ4n) is 0.804. The zero-order chi connectivity index (χ0) is 14.3. The smallest absolute Gasteiger partial charge is 0.136 e. The molecule has 0 aromatic carbocycles. The standard InChI is InChI=1S/C10H18N2O.2C2H6/c1-4-9(12-3)10(13)6-5-8(2)7-11;2*1-2/h5-6,8,13H,3-4,7,11H2,1-2H3;2*1-2H3/b6-5-,10-9-;;. The van der Waals surface area contributed by atoms with E-state index in [9.17, 15) is 5.11 Å². The molecule has 3 nitrogen and oxygen atoms in total. The number of hydrogen-bond donors (Lipinski definition) is 2. The fourth-order valence-corrected chi connectivity index (χ4v) is 0.804. The number of aliphatic hydroxyl groups excluding tert-OH is 1. The summed E-state index contributed by atoms with van der Waals surface area (Å²) in [5.74, 6) is 0.447. The van der Waals surface area contributed by atoms with Crippen LogP contribution in [0.5, 0.6) is 0 Å². The van der Waals surface area contributed by atoms with Crippen molar-refractivity contribution in [2.45, 2.75) is 48.0 Å². The van der Waals surface area contributed by atoms with Gasteiger partial charge in [0.1, 0.15) is 5.76 Å². The van der Waals surface area contributed by atoms with Crippen molar-refractivity contribution in [1.29, 1.82) is 0 Å². The first-order valence-electron chi connectivity index (χ1n) is 6.42. The molecule has 17 heavy (non-hydrogen) atoms. The van der Waals surface area contributed by atoms with Gasteiger partial charge in [-0.2, -0.15) is 0 Å². The molecule has 0 aliphatic heterocycles. The maximum absolute atomic E-state index is 9.47. The Morgan fingerprint density at radius 1 is 1.35 bits per heavy atom. The molecule has 3 N–H and O–H groups in total. The molecule has 0 bridgehead atoms. The molecule has 0 rings (SSSR count). The van der Waals surface area contributed by atoms with Crippen LogP contribution in [0.1, 0.15) is 48.0 Å². The molecule has 0 saturated carbocycles. The lowest BCUT2D eigenvalue weighted by Crippen LogP contribution is -2.07. The van der Waals surface area contributed by atoms with E-state index in [-0.39, 0.29) is 11.7 Å². The van der Waals surface area contributed by atoms with E-state index >= 15 is 0 Å². The minimum absolute atomic E-state index is 0.179. The van der Waals surface area contributed by atoms with Crippen molar-refractivity contribution < 1.29 is 5.11 Å². The molecule has 1 unspecified atom stereocenters. The van der Waals surface area contributed by atoms with Crippen LogP contribution in [0.2, 0.25) is 0 Å². The van der Waals surface area contributed by atoms with Gasteiger partial charge in [0.25, 0.3) is 0 Å². The van der Waals surface area contributed by atoms with Gasteiger partial charge in [-0.05, 0) is 31.7 Å². The predicted molar refractivity (Wildman–Crippen MR) is 79.5 cm³/mol. The number of aliphatic hydroxyl groups is 1. The molecule has 0 heterocycles. The molecule has 1 atom stereocenters. The number of nitrogens with zero attached hydrogens (tertiary/aromatic N) is 1. The summed E-state index contributed by atoms with van der Waals surface area (Å²) in [4.78, 5) is 3.71. The maximum Gasteiger partial charge on any atom is 0.136 e. The highest BCUT2D eigenvalue weighted by Gasteiger charge is 1.97. The number of hydrogen-bond acceptors (Lipinski definition) is 3. The van der Waals surface area contributed by atoms with Crippen LogP contribution in [0.3, 0.4) is 0 Å². The Balaban J connectivity index is -0.000000439. The van der Waals surface area contributed by atoms with E-state index in [0.717, 1.165) is 0 Å². The lowest BCUT2D eigenvalue weighted by molar-refractivity contribution is 0.421. The van der Waals surface area contributed by atoms with Crippen LogP contribution >= 0.6 is 0 Å². The largest absolute Gasteiger partial charge is 0.506 e. The quantitative estimate of drug-likeness (QED) is 0.434. The third-order valence-corrected chi connectivity index (χ3v) is 1.78. The molecule has 0 aliphatic rings. The topological polar surface area (TPSA) is 58.6 Å². The van der Waals surface area contributed by atoms with Gasteiger partial charge in [-0.25, -0.2) is 0 Å². The normalized spacial score (nSPS) is 12.6. The molecule has 0 saturated heterocycles. The van der Waals surface area contributed by atoms with Crippen molar-refractivity contribution in [3.63, 3.8) is 0 Å². The molecular formula is C14H30N2O. The van der Waals surface area contributed by atoms with Gasteiger partial charge in [-0.3, -0.25) is 4.99 Å². The summed E-state index contributed by atoms with van der Waals surface area (Å²) in [6, 6.07) is 0. The van der Waals surface area contributed by atoms with Crippen molar-refractivity contribution >= 4 is 6.72 Å². The van der Waals surface area contributed by atoms with E-state index in [1.54, 1.807) is 6.08 Å². The van der Waals surface area contributed by atoms with Crippen LogP contribution in [0.25, 0.3) is 0 Å². The van der Waals surface area contributed by atoms with Crippen molar-refractivity contribution in [3.8, 4) is 0 Å². The van der Waals surface area contributed by atoms with E-state index < -0.39 is 0 Å². The van der Waals surface area contributed by atoms with Gasteiger partial charge >= 0.3 is 0 Å². The third kappa shape index (κ3) is 12.8. The molecule has 0 aromatic heterocycles. The van der Waals surface area contributed by atoms with Gasteiger partial charge < -0.3 is 10.8 Å². The number of rotatable bonds is 5. The fraction of sp³-hybridized carbons (Fsp3) is 0.643. The molecule has 0 spiro atoms. The van der Waals surface area contributed by atoms with E-state index in [1.165, 1.54) is 0 Å². The summed E-state index contributed by atoms with van der Waals surface area (Å²) in [6.07, 6.45) is 4.16. The molecule has 102 valence electrons. The summed E-state index contributed by atoms with van der Waals surface area (Å²) in [7, 11) is 0. The first kappa shape index (κ1) is 21.2. The minimum atomic E-state index is 0.179. The van der Waals surface area contributed by atoms with Gasteiger partial charge in [0, 0.05) is 0 Å². The predicted octanol–water partition coefficient (Wildman–Crippen LogP) is 4.07. The third-order valence-electron chi connectivity index (χ3n) is 1.78. The maximum atomic E-state index is 9.47. The molecule has 0 fully saturated rings. The van der Waals surface area contributed by atoms with Crippen molar-refractivity contribution in [3.05, 3.63) is 23.6 Å². The highest BCUT2D eigenvalue weighted by molar-refractivity contribution is 5.31. The Labute approximate surface area is 107 Å². The van der Waals surface area contributed by atoms with Crippen LogP contribution in [0, 0.1) is 5.92 Å². The summed E-state index contributed by atoms with van der Waals surface area (Å²) in [5.41, 5.74) is 6.03. The molecular weight excluding hydrogens is 212 g/mol. The van der Waals surface area contributed by atoms with Crippen LogP contribution in [0.4, 0.5) is 0 Å². The van der Waals surface area contributed by atoms with Crippen molar-refractivity contribution in [1.82, 2.24) is 0 Å². The Hall–Kier alpha value is -1.09. The van der Waals surface area contributed by atoms with Gasteiger partial charge in [0.2, 0.25) is 0 Å². The van der Waals surface area contributed by atoms with Gasteiger partial charge in [0.05, 0.1) is 5.70 Å². The van der Waals surface area contributed by atoms with Gasteiger partial charge in [0.15, 0.2) is 0 Å². The second kappa shape index (κ2) is 17.3. The SMILES string of the molecule is C=N/C(CC)=C(O)/C=C\C(C)CN.CC.CC. The number of nitrogens with two attached hydrogens (primary N) is 1. The molecule has 0 aromatic rings. The molecule has 0 amide bonds. The zero-order valence-electron chi connectivity index (χ0n) is 12.3. The van der Waals surface area contributed by atoms with E-state index in [0.29, 0.717) is 18.7 Å². The minimum Gasteiger partial charge on any atom is -0.506 e. The van der Waals surface area contributed by atoms with E-state index in [4.69, 9.17) is 5.73 Å². The van der Waals surface area contributed by atoms with E-state index in [1.807, 2.05) is 47.6 Å². The van der Waals surface area contributed by atoms with Crippen LogP contribution < -0.4 is 5.73 Å². The highest BCUT2D eigenvalue weighted by Crippen LogP contribution is 2.09. The zero-order valence-corrected chi connectivity index (χ0v) is 12.3. The van der Waals surface area contributed by atoms with Crippen LogP contribution in [-0.4, -0.2) is 18.4 Å². The van der Waals surface area contributed by atoms with Gasteiger partial charge in [-0.1, -0.05) is 47.6 Å². The monoisotopic (exact) mass is 242 g/mol. The molecule has 0 aliphatic carbocycles. The lowest BCUT2D eigenvalue weighted by atomic mass is 10.1. The summed E-state index contributed by atoms with van der Waals surface area (Å²) >= 11 is 0. The number of allylic oxidation sites excluding steroid dienone is 2. The molecule has 0 radical (unpaired) electrons. The van der Waals surface area contributed by atoms with E-state index in [2.05, 4.69) is 11.7 Å². The van der Waals surface area contributed by atoms with Crippen molar-refractivity contribution in [2.24, 2.45) is 16.6 Å². The average molecular weight is 242 g/mol.